The predicted molar refractivity (Wildman–Crippen MR) is 112 cm³/mol. The van der Waals surface area contributed by atoms with Gasteiger partial charge in [0.2, 0.25) is 5.95 Å². The lowest BCUT2D eigenvalue weighted by atomic mass is 10.1. The van der Waals surface area contributed by atoms with Crippen molar-refractivity contribution in [3.63, 3.8) is 0 Å². The van der Waals surface area contributed by atoms with Gasteiger partial charge in [-0.3, -0.25) is 0 Å². The van der Waals surface area contributed by atoms with Crippen LogP contribution in [0.15, 0.2) is 60.8 Å². The van der Waals surface area contributed by atoms with Crippen molar-refractivity contribution in [2.75, 3.05) is 28.6 Å². The quantitative estimate of drug-likeness (QED) is 0.639. The molecule has 2 heterocycles. The van der Waals surface area contributed by atoms with Crippen LogP contribution >= 0.6 is 0 Å². The van der Waals surface area contributed by atoms with Crippen LogP contribution in [0.4, 0.5) is 28.8 Å². The third-order valence-corrected chi connectivity index (χ3v) is 4.88. The van der Waals surface area contributed by atoms with Crippen LogP contribution in [-0.2, 0) is 6.42 Å². The Balaban J connectivity index is 1.42. The number of hydrogen-bond donors (Lipinski definition) is 2. The van der Waals surface area contributed by atoms with Crippen molar-refractivity contribution in [3.05, 3.63) is 66.4 Å². The van der Waals surface area contributed by atoms with E-state index in [4.69, 9.17) is 0 Å². The molecule has 1 aliphatic heterocycles. The zero-order valence-electron chi connectivity index (χ0n) is 15.7. The second-order valence-electron chi connectivity index (χ2n) is 6.81. The summed E-state index contributed by atoms with van der Waals surface area (Å²) in [6.45, 7) is 4.47. The summed E-state index contributed by atoms with van der Waals surface area (Å²) in [5, 5.41) is 6.62. The third-order valence-electron chi connectivity index (χ3n) is 4.88. The number of hydrogen-bond acceptors (Lipinski definition) is 5. The number of aryl methyl sites for hydroxylation is 1. The van der Waals surface area contributed by atoms with Gasteiger partial charge in [0.05, 0.1) is 0 Å². The first-order chi connectivity index (χ1) is 13.3. The van der Waals surface area contributed by atoms with Crippen molar-refractivity contribution >= 4 is 28.8 Å². The third kappa shape index (κ3) is 4.37. The van der Waals surface area contributed by atoms with Gasteiger partial charge in [-0.2, -0.15) is 4.98 Å². The highest BCUT2D eigenvalue weighted by molar-refractivity contribution is 5.62. The Kier molecular flexibility index (Phi) is 5.19. The van der Waals surface area contributed by atoms with Crippen molar-refractivity contribution < 1.29 is 0 Å². The van der Waals surface area contributed by atoms with Gasteiger partial charge < -0.3 is 15.5 Å². The molecular weight excluding hydrogens is 334 g/mol. The van der Waals surface area contributed by atoms with E-state index < -0.39 is 0 Å². The number of nitrogens with one attached hydrogen (secondary N) is 2. The summed E-state index contributed by atoms with van der Waals surface area (Å²) in [6.07, 6.45) is 5.37. The van der Waals surface area contributed by atoms with Gasteiger partial charge in [0.1, 0.15) is 5.82 Å². The fourth-order valence-corrected chi connectivity index (χ4v) is 3.32. The van der Waals surface area contributed by atoms with Crippen molar-refractivity contribution in [3.8, 4) is 0 Å². The van der Waals surface area contributed by atoms with Gasteiger partial charge >= 0.3 is 0 Å². The second kappa shape index (κ2) is 8.08. The number of benzene rings is 2. The zero-order valence-corrected chi connectivity index (χ0v) is 15.7. The standard InChI is InChI=1S/C22H25N5/c1-2-17-5-7-18(8-6-17)24-21-13-14-23-22(26-21)25-19-9-11-20(12-10-19)27-15-3-4-16-27/h5-14H,2-4,15-16H2,1H3,(H2,23,24,25,26). The highest BCUT2D eigenvalue weighted by Gasteiger charge is 2.11. The number of nitrogens with zero attached hydrogens (tertiary/aromatic N) is 3. The van der Waals surface area contributed by atoms with Crippen molar-refractivity contribution in [1.82, 2.24) is 9.97 Å². The van der Waals surface area contributed by atoms with Crippen LogP contribution in [0.25, 0.3) is 0 Å². The Morgan fingerprint density at radius 2 is 1.52 bits per heavy atom. The fourth-order valence-electron chi connectivity index (χ4n) is 3.32. The van der Waals surface area contributed by atoms with Crippen molar-refractivity contribution in [2.45, 2.75) is 26.2 Å². The smallest absolute Gasteiger partial charge is 0.229 e. The normalized spacial score (nSPS) is 13.6. The molecule has 3 aromatic rings. The molecule has 138 valence electrons. The zero-order chi connectivity index (χ0) is 18.5. The van der Waals surface area contributed by atoms with Crippen LogP contribution in [0, 0.1) is 0 Å². The Morgan fingerprint density at radius 1 is 0.852 bits per heavy atom. The molecule has 2 N–H and O–H groups in total. The van der Waals surface area contributed by atoms with Gasteiger partial charge in [-0.25, -0.2) is 4.98 Å². The summed E-state index contributed by atoms with van der Waals surface area (Å²) >= 11 is 0. The first kappa shape index (κ1) is 17.3. The largest absolute Gasteiger partial charge is 0.372 e. The minimum absolute atomic E-state index is 0.583. The molecule has 1 aromatic heterocycles. The summed E-state index contributed by atoms with van der Waals surface area (Å²) in [6, 6.07) is 18.8. The lowest BCUT2D eigenvalue weighted by Crippen LogP contribution is -2.17. The number of anilines is 5. The van der Waals surface area contributed by atoms with Crippen LogP contribution in [0.5, 0.6) is 0 Å². The molecule has 0 bridgehead atoms. The minimum Gasteiger partial charge on any atom is -0.372 e. The maximum absolute atomic E-state index is 4.56. The molecule has 5 nitrogen and oxygen atoms in total. The van der Waals surface area contributed by atoms with Crippen LogP contribution in [-0.4, -0.2) is 23.1 Å². The molecule has 0 atom stereocenters. The van der Waals surface area contributed by atoms with E-state index in [1.165, 1.54) is 24.1 Å². The summed E-state index contributed by atoms with van der Waals surface area (Å²) in [4.78, 5) is 11.3. The summed E-state index contributed by atoms with van der Waals surface area (Å²) < 4.78 is 0. The van der Waals surface area contributed by atoms with Gasteiger partial charge in [-0.15, -0.1) is 0 Å². The van der Waals surface area contributed by atoms with E-state index in [-0.39, 0.29) is 0 Å². The topological polar surface area (TPSA) is 53.1 Å². The Labute approximate surface area is 160 Å². The molecule has 0 radical (unpaired) electrons. The molecule has 0 saturated carbocycles. The highest BCUT2D eigenvalue weighted by Crippen LogP contribution is 2.23. The Morgan fingerprint density at radius 3 is 2.22 bits per heavy atom. The van der Waals surface area contributed by atoms with E-state index in [1.54, 1.807) is 6.20 Å². The molecule has 0 unspecified atom stereocenters. The van der Waals surface area contributed by atoms with Gasteiger partial charge in [-0.1, -0.05) is 19.1 Å². The summed E-state index contributed by atoms with van der Waals surface area (Å²) in [5.74, 6) is 1.35. The maximum Gasteiger partial charge on any atom is 0.229 e. The molecule has 1 fully saturated rings. The Hall–Kier alpha value is -3.08. The minimum atomic E-state index is 0.583. The molecule has 4 rings (SSSR count). The SMILES string of the molecule is CCc1ccc(Nc2ccnc(Nc3ccc(N4CCCC4)cc3)n2)cc1. The van der Waals surface area contributed by atoms with E-state index >= 15 is 0 Å². The molecule has 0 spiro atoms. The van der Waals surface area contributed by atoms with Gasteiger partial charge in [-0.05, 0) is 67.3 Å². The van der Waals surface area contributed by atoms with E-state index in [9.17, 15) is 0 Å². The van der Waals surface area contributed by atoms with E-state index in [0.717, 1.165) is 36.7 Å². The van der Waals surface area contributed by atoms with Crippen LogP contribution in [0.2, 0.25) is 0 Å². The molecule has 0 aliphatic carbocycles. The second-order valence-corrected chi connectivity index (χ2v) is 6.81. The van der Waals surface area contributed by atoms with Gasteiger partial charge in [0, 0.05) is 36.3 Å². The summed E-state index contributed by atoms with van der Waals surface area (Å²) in [5.41, 5.74) is 4.61. The lowest BCUT2D eigenvalue weighted by Gasteiger charge is -2.17. The monoisotopic (exact) mass is 359 g/mol. The summed E-state index contributed by atoms with van der Waals surface area (Å²) in [7, 11) is 0. The molecule has 27 heavy (non-hydrogen) atoms. The highest BCUT2D eigenvalue weighted by atomic mass is 15.2. The first-order valence-corrected chi connectivity index (χ1v) is 9.61. The van der Waals surface area contributed by atoms with Gasteiger partial charge in [0.15, 0.2) is 0 Å². The Bertz CT molecular complexity index is 868. The molecule has 1 saturated heterocycles. The van der Waals surface area contributed by atoms with E-state index in [1.807, 2.05) is 6.07 Å². The predicted octanol–water partition coefficient (Wildman–Crippen LogP) is 5.13. The first-order valence-electron chi connectivity index (χ1n) is 9.61. The van der Waals surface area contributed by atoms with Crippen LogP contribution < -0.4 is 15.5 Å². The van der Waals surface area contributed by atoms with Crippen LogP contribution in [0.3, 0.4) is 0 Å². The maximum atomic E-state index is 4.56. The number of rotatable bonds is 6. The fraction of sp³-hybridized carbons (Fsp3) is 0.273. The average Bonchev–Trinajstić information content (AvgIpc) is 3.24. The van der Waals surface area contributed by atoms with Crippen molar-refractivity contribution in [1.29, 1.82) is 0 Å². The lowest BCUT2D eigenvalue weighted by molar-refractivity contribution is 0.949. The molecule has 5 heteroatoms. The van der Waals surface area contributed by atoms with Gasteiger partial charge in [0.25, 0.3) is 0 Å². The molecular formula is C22H25N5. The van der Waals surface area contributed by atoms with E-state index in [0.29, 0.717) is 5.95 Å². The average molecular weight is 359 g/mol. The van der Waals surface area contributed by atoms with E-state index in [2.05, 4.69) is 81.0 Å². The van der Waals surface area contributed by atoms with Crippen molar-refractivity contribution in [2.24, 2.45) is 0 Å². The molecule has 2 aromatic carbocycles. The molecule has 1 aliphatic rings. The van der Waals surface area contributed by atoms with Crippen LogP contribution in [0.1, 0.15) is 25.3 Å². The number of aromatic nitrogens is 2. The molecule has 0 amide bonds.